The minimum absolute atomic E-state index is 0.132. The van der Waals surface area contributed by atoms with Crippen molar-refractivity contribution in [1.29, 1.82) is 0 Å². The van der Waals surface area contributed by atoms with E-state index in [0.29, 0.717) is 19.7 Å². The highest BCUT2D eigenvalue weighted by molar-refractivity contribution is 5.94. The van der Waals surface area contributed by atoms with Crippen LogP contribution >= 0.6 is 0 Å². The number of nitrogens with zero attached hydrogens (tertiary/aromatic N) is 4. The second-order valence-corrected chi connectivity index (χ2v) is 9.02. The molecule has 0 atom stereocenters. The minimum atomic E-state index is -1.02. The van der Waals surface area contributed by atoms with Crippen molar-refractivity contribution < 1.29 is 18.3 Å². The largest absolute Gasteiger partial charge is 0.491 e. The first kappa shape index (κ1) is 23.4. The Morgan fingerprint density at radius 2 is 1.69 bits per heavy atom. The molecular weight excluding hydrogens is 450 g/mol. The predicted molar refractivity (Wildman–Crippen MR) is 128 cm³/mol. The maximum atomic E-state index is 13.7. The molecule has 35 heavy (non-hydrogen) atoms. The molecule has 1 amide bonds. The van der Waals surface area contributed by atoms with Gasteiger partial charge in [0.25, 0.3) is 5.91 Å². The van der Waals surface area contributed by atoms with Gasteiger partial charge in [0.2, 0.25) is 0 Å². The van der Waals surface area contributed by atoms with E-state index in [-0.39, 0.29) is 11.5 Å². The lowest BCUT2D eigenvalue weighted by Crippen LogP contribution is -2.45. The highest BCUT2D eigenvalue weighted by atomic mass is 19.2. The van der Waals surface area contributed by atoms with Crippen molar-refractivity contribution >= 4 is 5.91 Å². The molecule has 1 fully saturated rings. The zero-order valence-corrected chi connectivity index (χ0v) is 19.5. The predicted octanol–water partition coefficient (Wildman–Crippen LogP) is 3.71. The lowest BCUT2D eigenvalue weighted by molar-refractivity contribution is 0.0732. The number of carbonyl (C=O) groups is 1. The molecular formula is C27H28F2N4O2. The van der Waals surface area contributed by atoms with Crippen molar-refractivity contribution in [2.24, 2.45) is 0 Å². The number of piperazine rings is 1. The van der Waals surface area contributed by atoms with Crippen LogP contribution in [-0.2, 0) is 19.6 Å². The van der Waals surface area contributed by atoms with Crippen molar-refractivity contribution in [2.75, 3.05) is 39.3 Å². The van der Waals surface area contributed by atoms with Crippen LogP contribution < -0.4 is 4.74 Å². The summed E-state index contributed by atoms with van der Waals surface area (Å²) >= 11 is 0. The van der Waals surface area contributed by atoms with Crippen LogP contribution in [0.3, 0.4) is 0 Å². The molecule has 2 aliphatic rings. The van der Waals surface area contributed by atoms with Gasteiger partial charge in [-0.1, -0.05) is 12.1 Å². The fraction of sp³-hybridized carbons (Fsp3) is 0.333. The first-order valence-corrected chi connectivity index (χ1v) is 11.9. The van der Waals surface area contributed by atoms with E-state index in [4.69, 9.17) is 4.74 Å². The van der Waals surface area contributed by atoms with Gasteiger partial charge in [0.05, 0.1) is 12.2 Å². The molecule has 2 aliphatic heterocycles. The van der Waals surface area contributed by atoms with Gasteiger partial charge in [-0.15, -0.1) is 0 Å². The SMILES string of the molecule is O=C(c1ccc(F)c(F)c1)N1CCOc2ccc(CN3CCN(Cc4ccccn4)CC3)cc2C1. The Morgan fingerprint density at radius 1 is 0.886 bits per heavy atom. The van der Waals surface area contributed by atoms with Crippen LogP contribution in [0, 0.1) is 11.6 Å². The summed E-state index contributed by atoms with van der Waals surface area (Å²) in [7, 11) is 0. The number of pyridine rings is 1. The van der Waals surface area contributed by atoms with Gasteiger partial charge in [0.15, 0.2) is 11.6 Å². The number of aromatic nitrogens is 1. The standard InChI is InChI=1S/C27H28F2N4O2/c28-24-6-5-21(16-25(24)29)27(34)33-13-14-35-26-7-4-20(15-22(26)18-33)17-31-9-11-32(12-10-31)19-23-3-1-2-8-30-23/h1-8,15-16H,9-14,17-19H2. The summed E-state index contributed by atoms with van der Waals surface area (Å²) in [5.74, 6) is -1.57. The van der Waals surface area contributed by atoms with Crippen LogP contribution in [0.15, 0.2) is 60.8 Å². The van der Waals surface area contributed by atoms with Crippen LogP contribution in [0.1, 0.15) is 27.2 Å². The number of hydrogen-bond acceptors (Lipinski definition) is 5. The molecule has 0 spiro atoms. The Labute approximate surface area is 203 Å². The summed E-state index contributed by atoms with van der Waals surface area (Å²) in [6, 6.07) is 15.4. The van der Waals surface area contributed by atoms with Crippen molar-refractivity contribution in [3.63, 3.8) is 0 Å². The van der Waals surface area contributed by atoms with E-state index >= 15 is 0 Å². The molecule has 1 aromatic heterocycles. The smallest absolute Gasteiger partial charge is 0.254 e. The fourth-order valence-electron chi connectivity index (χ4n) is 4.62. The number of amides is 1. The molecule has 0 aliphatic carbocycles. The number of fused-ring (bicyclic) bond motifs is 1. The van der Waals surface area contributed by atoms with E-state index in [1.165, 1.54) is 6.07 Å². The van der Waals surface area contributed by atoms with Gasteiger partial charge in [-0.25, -0.2) is 8.78 Å². The zero-order valence-electron chi connectivity index (χ0n) is 19.5. The number of benzene rings is 2. The summed E-state index contributed by atoms with van der Waals surface area (Å²) in [5, 5.41) is 0. The molecule has 5 rings (SSSR count). The van der Waals surface area contributed by atoms with Crippen LogP contribution in [0.25, 0.3) is 0 Å². The van der Waals surface area contributed by atoms with E-state index in [9.17, 15) is 13.6 Å². The molecule has 6 nitrogen and oxygen atoms in total. The van der Waals surface area contributed by atoms with E-state index in [2.05, 4.69) is 33.0 Å². The van der Waals surface area contributed by atoms with Gasteiger partial charge >= 0.3 is 0 Å². The summed E-state index contributed by atoms with van der Waals surface area (Å²) in [6.07, 6.45) is 1.83. The number of ether oxygens (including phenoxy) is 1. The van der Waals surface area contributed by atoms with E-state index in [1.807, 2.05) is 24.4 Å². The lowest BCUT2D eigenvalue weighted by Gasteiger charge is -2.34. The van der Waals surface area contributed by atoms with Crippen molar-refractivity contribution in [1.82, 2.24) is 19.7 Å². The third-order valence-corrected chi connectivity index (χ3v) is 6.54. The third kappa shape index (κ3) is 5.66. The van der Waals surface area contributed by atoms with Gasteiger partial charge in [-0.3, -0.25) is 19.6 Å². The number of rotatable bonds is 5. The molecule has 1 saturated heterocycles. The Balaban J connectivity index is 1.21. The monoisotopic (exact) mass is 478 g/mol. The van der Waals surface area contributed by atoms with Gasteiger partial charge in [-0.2, -0.15) is 0 Å². The molecule has 0 bridgehead atoms. The van der Waals surface area contributed by atoms with Gasteiger partial charge in [0, 0.05) is 63.1 Å². The first-order chi connectivity index (χ1) is 17.0. The Hall–Kier alpha value is -3.36. The average molecular weight is 479 g/mol. The van der Waals surface area contributed by atoms with Crippen LogP contribution in [0.2, 0.25) is 0 Å². The molecule has 0 N–H and O–H groups in total. The second kappa shape index (κ2) is 10.5. The maximum absolute atomic E-state index is 13.7. The number of halogens is 2. The highest BCUT2D eigenvalue weighted by Crippen LogP contribution is 2.26. The quantitative estimate of drug-likeness (QED) is 0.560. The third-order valence-electron chi connectivity index (χ3n) is 6.54. The molecule has 0 unspecified atom stereocenters. The average Bonchev–Trinajstić information content (AvgIpc) is 3.09. The van der Waals surface area contributed by atoms with Gasteiger partial charge in [-0.05, 0) is 48.0 Å². The molecule has 182 valence electrons. The Kier molecular flexibility index (Phi) is 7.01. The van der Waals surface area contributed by atoms with Crippen molar-refractivity contribution in [3.8, 4) is 5.75 Å². The maximum Gasteiger partial charge on any atom is 0.254 e. The van der Waals surface area contributed by atoms with Gasteiger partial charge < -0.3 is 9.64 Å². The molecule has 3 aromatic rings. The summed E-state index contributed by atoms with van der Waals surface area (Å²) < 4.78 is 32.8. The zero-order chi connectivity index (χ0) is 24.2. The van der Waals surface area contributed by atoms with Crippen LogP contribution in [-0.4, -0.2) is 64.9 Å². The summed E-state index contributed by atoms with van der Waals surface area (Å²) in [4.78, 5) is 23.9. The van der Waals surface area contributed by atoms with Gasteiger partial charge in [0.1, 0.15) is 12.4 Å². The van der Waals surface area contributed by atoms with Crippen LogP contribution in [0.4, 0.5) is 8.78 Å². The summed E-state index contributed by atoms with van der Waals surface area (Å²) in [5.41, 5.74) is 3.30. The second-order valence-electron chi connectivity index (χ2n) is 9.02. The fourth-order valence-corrected chi connectivity index (χ4v) is 4.62. The molecule has 0 radical (unpaired) electrons. The lowest BCUT2D eigenvalue weighted by atomic mass is 10.1. The first-order valence-electron chi connectivity index (χ1n) is 11.9. The van der Waals surface area contributed by atoms with E-state index in [0.717, 1.165) is 74.0 Å². The normalized spacial score (nSPS) is 16.9. The molecule has 2 aromatic carbocycles. The molecule has 8 heteroatoms. The van der Waals surface area contributed by atoms with E-state index < -0.39 is 11.6 Å². The number of hydrogen-bond donors (Lipinski definition) is 0. The summed E-state index contributed by atoms with van der Waals surface area (Å²) in [6.45, 7) is 6.69. The minimum Gasteiger partial charge on any atom is -0.491 e. The Bertz CT molecular complexity index is 1180. The molecule has 3 heterocycles. The topological polar surface area (TPSA) is 48.9 Å². The van der Waals surface area contributed by atoms with Crippen molar-refractivity contribution in [3.05, 3.63) is 94.8 Å². The van der Waals surface area contributed by atoms with Crippen molar-refractivity contribution in [2.45, 2.75) is 19.6 Å². The van der Waals surface area contributed by atoms with Crippen LogP contribution in [0.5, 0.6) is 5.75 Å². The number of carbonyl (C=O) groups excluding carboxylic acids is 1. The molecule has 0 saturated carbocycles. The Morgan fingerprint density at radius 3 is 2.43 bits per heavy atom. The highest BCUT2D eigenvalue weighted by Gasteiger charge is 2.23. The van der Waals surface area contributed by atoms with E-state index in [1.54, 1.807) is 4.90 Å².